The number of aryl methyl sites for hydroxylation is 2. The first-order chi connectivity index (χ1) is 9.86. The number of carbonyl (C=O) groups is 2. The van der Waals surface area contributed by atoms with E-state index < -0.39 is 12.0 Å². The lowest BCUT2D eigenvalue weighted by Crippen LogP contribution is -2.41. The zero-order chi connectivity index (χ0) is 16.0. The van der Waals surface area contributed by atoms with Crippen molar-refractivity contribution in [2.45, 2.75) is 45.6 Å². The van der Waals surface area contributed by atoms with Gasteiger partial charge in [0.2, 0.25) is 5.91 Å². The molecule has 1 rings (SSSR count). The molecule has 1 heterocycles. The molecule has 2 N–H and O–H groups in total. The third kappa shape index (κ3) is 4.86. The summed E-state index contributed by atoms with van der Waals surface area (Å²) in [4.78, 5) is 23.1. The third-order valence-electron chi connectivity index (χ3n) is 3.32. The van der Waals surface area contributed by atoms with Gasteiger partial charge in [-0.05, 0) is 19.8 Å². The van der Waals surface area contributed by atoms with E-state index in [1.54, 1.807) is 6.92 Å². The van der Waals surface area contributed by atoms with Crippen LogP contribution in [0.3, 0.4) is 0 Å². The largest absolute Gasteiger partial charge is 0.480 e. The van der Waals surface area contributed by atoms with Crippen LogP contribution in [-0.2, 0) is 14.3 Å². The maximum absolute atomic E-state index is 12.0. The van der Waals surface area contributed by atoms with Crippen molar-refractivity contribution in [2.24, 2.45) is 0 Å². The molecule has 0 saturated heterocycles. The van der Waals surface area contributed by atoms with E-state index in [-0.39, 0.29) is 31.3 Å². The topological polar surface area (TPSA) is 102 Å². The summed E-state index contributed by atoms with van der Waals surface area (Å²) in [7, 11) is 1.49. The van der Waals surface area contributed by atoms with E-state index in [0.717, 1.165) is 11.3 Å². The van der Waals surface area contributed by atoms with Gasteiger partial charge in [0.05, 0.1) is 5.69 Å². The van der Waals surface area contributed by atoms with Gasteiger partial charge in [-0.1, -0.05) is 12.1 Å². The van der Waals surface area contributed by atoms with Crippen molar-refractivity contribution < 1.29 is 24.0 Å². The van der Waals surface area contributed by atoms with Crippen LogP contribution in [0.4, 0.5) is 0 Å². The average molecular weight is 298 g/mol. The zero-order valence-corrected chi connectivity index (χ0v) is 12.8. The van der Waals surface area contributed by atoms with Gasteiger partial charge in [0.1, 0.15) is 11.8 Å². The van der Waals surface area contributed by atoms with Crippen molar-refractivity contribution in [1.29, 1.82) is 0 Å². The lowest BCUT2D eigenvalue weighted by atomic mass is 9.96. The van der Waals surface area contributed by atoms with Crippen LogP contribution in [0.5, 0.6) is 0 Å². The van der Waals surface area contributed by atoms with Crippen molar-refractivity contribution in [3.8, 4) is 0 Å². The van der Waals surface area contributed by atoms with Crippen LogP contribution in [0.15, 0.2) is 4.52 Å². The van der Waals surface area contributed by atoms with Crippen LogP contribution in [-0.4, -0.2) is 41.9 Å². The highest BCUT2D eigenvalue weighted by Crippen LogP contribution is 2.25. The van der Waals surface area contributed by atoms with Crippen molar-refractivity contribution >= 4 is 11.9 Å². The molecule has 0 radical (unpaired) electrons. The van der Waals surface area contributed by atoms with E-state index in [4.69, 9.17) is 14.4 Å². The van der Waals surface area contributed by atoms with Gasteiger partial charge in [0.15, 0.2) is 0 Å². The number of aromatic nitrogens is 1. The van der Waals surface area contributed by atoms with Gasteiger partial charge < -0.3 is 19.7 Å². The molecular weight excluding hydrogens is 276 g/mol. The van der Waals surface area contributed by atoms with Gasteiger partial charge in [-0.15, -0.1) is 0 Å². The second-order valence-corrected chi connectivity index (χ2v) is 5.08. The van der Waals surface area contributed by atoms with Crippen LogP contribution in [0, 0.1) is 13.8 Å². The van der Waals surface area contributed by atoms with Crippen molar-refractivity contribution in [3.63, 3.8) is 0 Å². The molecule has 2 unspecified atom stereocenters. The van der Waals surface area contributed by atoms with Crippen molar-refractivity contribution in [3.05, 3.63) is 17.0 Å². The molecule has 1 aromatic rings. The highest BCUT2D eigenvalue weighted by Gasteiger charge is 2.23. The molecule has 21 heavy (non-hydrogen) atoms. The molecule has 0 aliphatic rings. The fourth-order valence-corrected chi connectivity index (χ4v) is 2.32. The monoisotopic (exact) mass is 298 g/mol. The van der Waals surface area contributed by atoms with Gasteiger partial charge in [-0.2, -0.15) is 0 Å². The Bertz CT molecular complexity index is 478. The Balaban J connectivity index is 2.61. The van der Waals surface area contributed by atoms with Gasteiger partial charge in [-0.25, -0.2) is 4.79 Å². The molecule has 0 aromatic carbocycles. The number of aliphatic carboxylic acids is 1. The first-order valence-corrected chi connectivity index (χ1v) is 6.80. The highest BCUT2D eigenvalue weighted by atomic mass is 16.5. The summed E-state index contributed by atoms with van der Waals surface area (Å²) in [5.74, 6) is -0.786. The number of carboxylic acid groups (broad SMARTS) is 1. The number of carboxylic acids is 1. The minimum atomic E-state index is -1.06. The standard InChI is InChI=1S/C14H22N2O5/c1-8(13-9(2)16-21-10(13)3)7-12(17)15-11(14(18)19)5-6-20-4/h8,11H,5-7H2,1-4H3,(H,15,17)(H,18,19). The maximum Gasteiger partial charge on any atom is 0.326 e. The molecule has 0 aliphatic carbocycles. The van der Waals surface area contributed by atoms with E-state index in [2.05, 4.69) is 10.5 Å². The molecule has 7 nitrogen and oxygen atoms in total. The van der Waals surface area contributed by atoms with Crippen LogP contribution >= 0.6 is 0 Å². The summed E-state index contributed by atoms with van der Waals surface area (Å²) in [6.45, 7) is 5.77. The van der Waals surface area contributed by atoms with Crippen LogP contribution in [0.2, 0.25) is 0 Å². The Morgan fingerprint density at radius 1 is 1.43 bits per heavy atom. The first-order valence-electron chi connectivity index (χ1n) is 6.80. The average Bonchev–Trinajstić information content (AvgIpc) is 2.73. The first kappa shape index (κ1) is 17.2. The van der Waals surface area contributed by atoms with Gasteiger partial charge in [0.25, 0.3) is 0 Å². The number of methoxy groups -OCH3 is 1. The molecule has 0 aliphatic heterocycles. The second-order valence-electron chi connectivity index (χ2n) is 5.08. The van der Waals surface area contributed by atoms with Gasteiger partial charge in [0, 0.05) is 32.1 Å². The molecule has 2 atom stereocenters. The predicted octanol–water partition coefficient (Wildman–Crippen LogP) is 1.39. The Labute approximate surface area is 123 Å². The summed E-state index contributed by atoms with van der Waals surface area (Å²) in [5.41, 5.74) is 1.65. The summed E-state index contributed by atoms with van der Waals surface area (Å²) in [5, 5.41) is 15.4. The molecule has 0 bridgehead atoms. The van der Waals surface area contributed by atoms with Crippen LogP contribution < -0.4 is 5.32 Å². The lowest BCUT2D eigenvalue weighted by molar-refractivity contribution is -0.142. The number of carbonyl (C=O) groups excluding carboxylic acids is 1. The normalized spacial score (nSPS) is 13.7. The number of rotatable bonds is 8. The summed E-state index contributed by atoms with van der Waals surface area (Å²) >= 11 is 0. The molecule has 0 spiro atoms. The van der Waals surface area contributed by atoms with E-state index >= 15 is 0 Å². The highest BCUT2D eigenvalue weighted by molar-refractivity contribution is 5.83. The van der Waals surface area contributed by atoms with Gasteiger partial charge in [-0.3, -0.25) is 4.79 Å². The summed E-state index contributed by atoms with van der Waals surface area (Å²) in [6.07, 6.45) is 0.414. The summed E-state index contributed by atoms with van der Waals surface area (Å²) < 4.78 is 9.92. The second kappa shape index (κ2) is 7.78. The lowest BCUT2D eigenvalue weighted by Gasteiger charge is -2.16. The Morgan fingerprint density at radius 3 is 2.57 bits per heavy atom. The molecule has 118 valence electrons. The summed E-state index contributed by atoms with van der Waals surface area (Å²) in [6, 6.07) is -0.936. The minimum Gasteiger partial charge on any atom is -0.480 e. The Kier molecular flexibility index (Phi) is 6.36. The number of hydrogen-bond acceptors (Lipinski definition) is 5. The molecule has 0 saturated carbocycles. The van der Waals surface area contributed by atoms with Gasteiger partial charge >= 0.3 is 5.97 Å². The number of hydrogen-bond donors (Lipinski definition) is 2. The van der Waals surface area contributed by atoms with E-state index in [1.807, 2.05) is 13.8 Å². The van der Waals surface area contributed by atoms with E-state index in [0.29, 0.717) is 5.76 Å². The molecule has 1 aromatic heterocycles. The number of nitrogens with zero attached hydrogens (tertiary/aromatic N) is 1. The van der Waals surface area contributed by atoms with Crippen LogP contribution in [0.25, 0.3) is 0 Å². The van der Waals surface area contributed by atoms with E-state index in [9.17, 15) is 9.59 Å². The quantitative estimate of drug-likeness (QED) is 0.752. The zero-order valence-electron chi connectivity index (χ0n) is 12.8. The Hall–Kier alpha value is -1.89. The maximum atomic E-state index is 12.0. The molecular formula is C14H22N2O5. The third-order valence-corrected chi connectivity index (χ3v) is 3.32. The Morgan fingerprint density at radius 2 is 2.10 bits per heavy atom. The SMILES string of the molecule is COCCC(NC(=O)CC(C)c1c(C)noc1C)C(=O)O. The van der Waals surface area contributed by atoms with Crippen molar-refractivity contribution in [2.75, 3.05) is 13.7 Å². The smallest absolute Gasteiger partial charge is 0.326 e. The molecule has 0 fully saturated rings. The molecule has 7 heteroatoms. The minimum absolute atomic E-state index is 0.0897. The number of nitrogens with one attached hydrogen (secondary N) is 1. The fraction of sp³-hybridized carbons (Fsp3) is 0.643. The van der Waals surface area contributed by atoms with Crippen molar-refractivity contribution in [1.82, 2.24) is 10.5 Å². The number of ether oxygens (including phenoxy) is 1. The molecule has 1 amide bonds. The van der Waals surface area contributed by atoms with E-state index in [1.165, 1.54) is 7.11 Å². The number of amides is 1. The fourth-order valence-electron chi connectivity index (χ4n) is 2.32. The predicted molar refractivity (Wildman–Crippen MR) is 75.1 cm³/mol. The van der Waals surface area contributed by atoms with Crippen LogP contribution in [0.1, 0.15) is 42.7 Å².